The first-order valence-electron chi connectivity index (χ1n) is 9.18. The number of hydrogen-bond acceptors (Lipinski definition) is 1. The summed E-state index contributed by atoms with van der Waals surface area (Å²) in [5, 5.41) is 1.45. The molecule has 0 saturated heterocycles. The summed E-state index contributed by atoms with van der Waals surface area (Å²) in [4.78, 5) is 2.47. The lowest BCUT2D eigenvalue weighted by molar-refractivity contribution is 0.292. The van der Waals surface area contributed by atoms with Crippen molar-refractivity contribution in [3.05, 3.63) is 76.5 Å². The van der Waals surface area contributed by atoms with Gasteiger partial charge in [0.25, 0.3) is 0 Å². The van der Waals surface area contributed by atoms with Crippen LogP contribution in [0.1, 0.15) is 33.9 Å². The van der Waals surface area contributed by atoms with E-state index in [9.17, 15) is 0 Å². The number of nitrogens with zero attached hydrogens (tertiary/aromatic N) is 2. The van der Waals surface area contributed by atoms with Crippen molar-refractivity contribution in [2.24, 2.45) is 0 Å². The van der Waals surface area contributed by atoms with Crippen molar-refractivity contribution >= 4 is 16.5 Å². The van der Waals surface area contributed by atoms with E-state index in [4.69, 9.17) is 0 Å². The van der Waals surface area contributed by atoms with Gasteiger partial charge in [-0.25, -0.2) is 0 Å². The summed E-state index contributed by atoms with van der Waals surface area (Å²) in [6.45, 7) is 7.58. The first-order chi connectivity index (χ1) is 12.1. The standard InChI is InChI=1S/C23H24N2/c1-15-8-9-22-20(10-15)21-14-24(3)12-18-11-17(13-25(22)23(18)21)19-7-5-4-6-16(19)2/h4-11,18H,12-14H2,1-3H3. The zero-order chi connectivity index (χ0) is 17.1. The molecule has 0 bridgehead atoms. The van der Waals surface area contributed by atoms with E-state index in [0.29, 0.717) is 5.92 Å². The molecule has 25 heavy (non-hydrogen) atoms. The first kappa shape index (κ1) is 15.0. The molecule has 0 fully saturated rings. The molecule has 126 valence electrons. The van der Waals surface area contributed by atoms with Crippen molar-refractivity contribution in [1.29, 1.82) is 0 Å². The van der Waals surface area contributed by atoms with Crippen molar-refractivity contribution in [2.75, 3.05) is 13.6 Å². The van der Waals surface area contributed by atoms with E-state index in [2.05, 4.69) is 78.9 Å². The van der Waals surface area contributed by atoms with Gasteiger partial charge in [0.2, 0.25) is 0 Å². The molecule has 5 rings (SSSR count). The third kappa shape index (κ3) is 2.21. The molecular weight excluding hydrogens is 304 g/mol. The molecule has 2 nitrogen and oxygen atoms in total. The Morgan fingerprint density at radius 2 is 1.84 bits per heavy atom. The first-order valence-corrected chi connectivity index (χ1v) is 9.18. The molecule has 0 saturated carbocycles. The minimum Gasteiger partial charge on any atom is -0.339 e. The zero-order valence-electron chi connectivity index (χ0n) is 15.2. The van der Waals surface area contributed by atoms with E-state index in [1.165, 1.54) is 38.7 Å². The van der Waals surface area contributed by atoms with E-state index in [1.807, 2.05) is 0 Å². The monoisotopic (exact) mass is 328 g/mol. The fourth-order valence-corrected chi connectivity index (χ4v) is 4.78. The highest BCUT2D eigenvalue weighted by Crippen LogP contribution is 2.42. The summed E-state index contributed by atoms with van der Waals surface area (Å²) >= 11 is 0. The fourth-order valence-electron chi connectivity index (χ4n) is 4.78. The molecule has 0 spiro atoms. The maximum absolute atomic E-state index is 2.59. The second kappa shape index (κ2) is 5.34. The van der Waals surface area contributed by atoms with Crippen LogP contribution in [0.3, 0.4) is 0 Å². The summed E-state index contributed by atoms with van der Waals surface area (Å²) in [6, 6.07) is 15.7. The summed E-state index contributed by atoms with van der Waals surface area (Å²) in [5.41, 5.74) is 10.1. The highest BCUT2D eigenvalue weighted by Gasteiger charge is 2.32. The Bertz CT molecular complexity index is 1020. The van der Waals surface area contributed by atoms with Crippen LogP contribution in [-0.4, -0.2) is 23.1 Å². The van der Waals surface area contributed by atoms with Crippen LogP contribution < -0.4 is 0 Å². The lowest BCUT2D eigenvalue weighted by Gasteiger charge is -2.34. The quantitative estimate of drug-likeness (QED) is 0.618. The van der Waals surface area contributed by atoms with Gasteiger partial charge in [-0.15, -0.1) is 0 Å². The van der Waals surface area contributed by atoms with Crippen molar-refractivity contribution in [3.8, 4) is 0 Å². The Morgan fingerprint density at radius 3 is 2.68 bits per heavy atom. The van der Waals surface area contributed by atoms with Gasteiger partial charge in [-0.2, -0.15) is 0 Å². The molecule has 0 radical (unpaired) electrons. The minimum absolute atomic E-state index is 0.491. The summed E-state index contributed by atoms with van der Waals surface area (Å²) < 4.78 is 2.59. The molecule has 2 aliphatic heterocycles. The van der Waals surface area contributed by atoms with Gasteiger partial charge >= 0.3 is 0 Å². The molecule has 0 N–H and O–H groups in total. The number of allylic oxidation sites excluding steroid dienone is 1. The number of fused-ring (bicyclic) bond motifs is 3. The van der Waals surface area contributed by atoms with Gasteiger partial charge < -0.3 is 9.47 Å². The van der Waals surface area contributed by atoms with Crippen molar-refractivity contribution < 1.29 is 0 Å². The van der Waals surface area contributed by atoms with E-state index in [-0.39, 0.29) is 0 Å². The Morgan fingerprint density at radius 1 is 1.00 bits per heavy atom. The molecule has 0 aliphatic carbocycles. The van der Waals surface area contributed by atoms with Crippen molar-refractivity contribution in [3.63, 3.8) is 0 Å². The highest BCUT2D eigenvalue weighted by atomic mass is 15.1. The van der Waals surface area contributed by atoms with Crippen LogP contribution in [0.15, 0.2) is 48.5 Å². The van der Waals surface area contributed by atoms with Crippen LogP contribution >= 0.6 is 0 Å². The van der Waals surface area contributed by atoms with Crippen LogP contribution in [0, 0.1) is 13.8 Å². The molecule has 0 amide bonds. The van der Waals surface area contributed by atoms with Crippen LogP contribution in [0.2, 0.25) is 0 Å². The molecule has 2 heteroatoms. The van der Waals surface area contributed by atoms with E-state index in [1.54, 1.807) is 5.69 Å². The van der Waals surface area contributed by atoms with Crippen LogP contribution in [0.4, 0.5) is 0 Å². The molecule has 2 aromatic carbocycles. The predicted molar refractivity (Wildman–Crippen MR) is 105 cm³/mol. The predicted octanol–water partition coefficient (Wildman–Crippen LogP) is 4.88. The maximum Gasteiger partial charge on any atom is 0.0489 e. The number of rotatable bonds is 1. The van der Waals surface area contributed by atoms with Gasteiger partial charge in [-0.3, -0.25) is 0 Å². The maximum atomic E-state index is 2.59. The van der Waals surface area contributed by atoms with Gasteiger partial charge in [0.1, 0.15) is 0 Å². The zero-order valence-corrected chi connectivity index (χ0v) is 15.2. The summed E-state index contributed by atoms with van der Waals surface area (Å²) in [6.07, 6.45) is 2.53. The van der Waals surface area contributed by atoms with E-state index < -0.39 is 0 Å². The van der Waals surface area contributed by atoms with E-state index >= 15 is 0 Å². The highest BCUT2D eigenvalue weighted by molar-refractivity contribution is 5.88. The number of aromatic nitrogens is 1. The molecule has 1 atom stereocenters. The molecule has 1 aromatic heterocycles. The van der Waals surface area contributed by atoms with Crippen LogP contribution in [0.25, 0.3) is 16.5 Å². The smallest absolute Gasteiger partial charge is 0.0489 e. The van der Waals surface area contributed by atoms with Crippen LogP contribution in [-0.2, 0) is 13.1 Å². The Labute approximate surface area is 149 Å². The van der Waals surface area contributed by atoms with Gasteiger partial charge in [0.05, 0.1) is 0 Å². The molecular formula is C23H24N2. The normalized spacial score (nSPS) is 19.8. The third-order valence-electron chi connectivity index (χ3n) is 5.88. The SMILES string of the molecule is Cc1ccc2c(c1)c1c3n2CC(c2ccccc2C)=CC3CN(C)C1. The Hall–Kier alpha value is -2.32. The Kier molecular flexibility index (Phi) is 3.20. The largest absolute Gasteiger partial charge is 0.339 e. The molecule has 3 aromatic rings. The summed E-state index contributed by atoms with van der Waals surface area (Å²) in [5.74, 6) is 0.491. The molecule has 2 aliphatic rings. The molecule has 3 heterocycles. The van der Waals surface area contributed by atoms with Gasteiger partial charge in [-0.05, 0) is 55.3 Å². The van der Waals surface area contributed by atoms with Crippen molar-refractivity contribution in [1.82, 2.24) is 9.47 Å². The second-order valence-electron chi connectivity index (χ2n) is 7.78. The topological polar surface area (TPSA) is 8.17 Å². The van der Waals surface area contributed by atoms with Crippen molar-refractivity contribution in [2.45, 2.75) is 32.9 Å². The van der Waals surface area contributed by atoms with Gasteiger partial charge in [-0.1, -0.05) is 42.0 Å². The van der Waals surface area contributed by atoms with E-state index in [0.717, 1.165) is 19.6 Å². The lowest BCUT2D eigenvalue weighted by atomic mass is 9.88. The molecule has 1 unspecified atom stereocenters. The van der Waals surface area contributed by atoms with Gasteiger partial charge in [0, 0.05) is 42.1 Å². The lowest BCUT2D eigenvalue weighted by Crippen LogP contribution is -2.32. The summed E-state index contributed by atoms with van der Waals surface area (Å²) in [7, 11) is 2.25. The average Bonchev–Trinajstić information content (AvgIpc) is 2.89. The second-order valence-corrected chi connectivity index (χ2v) is 7.78. The number of hydrogen-bond donors (Lipinski definition) is 0. The average molecular weight is 328 g/mol. The Balaban J connectivity index is 1.75. The van der Waals surface area contributed by atoms with Gasteiger partial charge in [0.15, 0.2) is 0 Å². The fraction of sp³-hybridized carbons (Fsp3) is 0.304. The number of aryl methyl sites for hydroxylation is 2. The minimum atomic E-state index is 0.491. The number of likely N-dealkylation sites (N-methyl/N-ethyl adjacent to an activating group) is 1. The third-order valence-corrected chi connectivity index (χ3v) is 5.88. The number of benzene rings is 2. The van der Waals surface area contributed by atoms with Crippen LogP contribution in [0.5, 0.6) is 0 Å².